The predicted octanol–water partition coefficient (Wildman–Crippen LogP) is 3.03. The first kappa shape index (κ1) is 13.5. The molecular weight excluding hydrogens is 259 g/mol. The molecule has 2 aromatic rings. The number of para-hydroxylation sites is 1. The van der Waals surface area contributed by atoms with E-state index in [0.717, 1.165) is 0 Å². The highest BCUT2D eigenvalue weighted by Gasteiger charge is 2.28. The number of halogens is 3. The lowest BCUT2D eigenvalue weighted by Crippen LogP contribution is -2.19. The molecule has 0 radical (unpaired) electrons. The lowest BCUT2D eigenvalue weighted by molar-refractivity contribution is -0.153. The van der Waals surface area contributed by atoms with Crippen LogP contribution in [0.5, 0.6) is 5.75 Å². The Morgan fingerprint density at radius 1 is 1.32 bits per heavy atom. The second kappa shape index (κ2) is 4.95. The molecule has 2 rings (SSSR count). The van der Waals surface area contributed by atoms with E-state index >= 15 is 0 Å². The van der Waals surface area contributed by atoms with Gasteiger partial charge in [0.1, 0.15) is 5.75 Å². The number of aromatic nitrogens is 1. The van der Waals surface area contributed by atoms with E-state index in [9.17, 15) is 18.0 Å². The molecule has 0 saturated heterocycles. The van der Waals surface area contributed by atoms with Crippen molar-refractivity contribution in [2.45, 2.75) is 19.5 Å². The van der Waals surface area contributed by atoms with E-state index in [2.05, 4.69) is 4.98 Å². The third kappa shape index (κ3) is 3.07. The van der Waals surface area contributed by atoms with E-state index < -0.39 is 12.8 Å². The number of nitrogens with one attached hydrogen (secondary N) is 1. The number of fused-ring (bicyclic) bond motifs is 1. The van der Waals surface area contributed by atoms with Crippen LogP contribution in [0.4, 0.5) is 13.2 Å². The van der Waals surface area contributed by atoms with Crippen LogP contribution in [-0.4, -0.2) is 17.8 Å². The Labute approximate surface area is 107 Å². The van der Waals surface area contributed by atoms with Crippen LogP contribution in [0.1, 0.15) is 12.6 Å². The number of H-pyrrole nitrogens is 1. The maximum Gasteiger partial charge on any atom is 0.422 e. The van der Waals surface area contributed by atoms with E-state index in [1.54, 1.807) is 6.07 Å². The van der Waals surface area contributed by atoms with Crippen molar-refractivity contribution in [2.75, 3.05) is 6.61 Å². The molecule has 0 aliphatic rings. The lowest BCUT2D eigenvalue weighted by atomic mass is 10.1. The van der Waals surface area contributed by atoms with Gasteiger partial charge in [0, 0.05) is 17.1 Å². The number of pyridine rings is 1. The zero-order valence-corrected chi connectivity index (χ0v) is 10.2. The maximum absolute atomic E-state index is 12.2. The Hall–Kier alpha value is -1.98. The number of benzene rings is 1. The topological polar surface area (TPSA) is 42.1 Å². The van der Waals surface area contributed by atoms with Crippen molar-refractivity contribution in [3.8, 4) is 5.75 Å². The molecule has 102 valence electrons. The van der Waals surface area contributed by atoms with Gasteiger partial charge in [-0.2, -0.15) is 13.2 Å². The number of hydrogen-bond donors (Lipinski definition) is 1. The van der Waals surface area contributed by atoms with Crippen LogP contribution in [0.2, 0.25) is 0 Å². The maximum atomic E-state index is 12.2. The van der Waals surface area contributed by atoms with Crippen molar-refractivity contribution in [3.05, 3.63) is 40.2 Å². The van der Waals surface area contributed by atoms with E-state index in [0.29, 0.717) is 23.0 Å². The Kier molecular flexibility index (Phi) is 3.50. The normalized spacial score (nSPS) is 11.8. The highest BCUT2D eigenvalue weighted by atomic mass is 19.4. The summed E-state index contributed by atoms with van der Waals surface area (Å²) >= 11 is 0. The summed E-state index contributed by atoms with van der Waals surface area (Å²) in [5, 5.41) is 0.317. The zero-order valence-electron chi connectivity index (χ0n) is 10.2. The number of alkyl halides is 3. The molecule has 0 saturated carbocycles. The van der Waals surface area contributed by atoms with E-state index in [-0.39, 0.29) is 11.2 Å². The minimum absolute atomic E-state index is 0.0298. The lowest BCUT2D eigenvalue weighted by Gasteiger charge is -2.11. The summed E-state index contributed by atoms with van der Waals surface area (Å²) in [6, 6.07) is 5.89. The molecule has 3 nitrogen and oxygen atoms in total. The minimum atomic E-state index is -4.41. The van der Waals surface area contributed by atoms with Crippen LogP contribution < -0.4 is 10.2 Å². The quantitative estimate of drug-likeness (QED) is 0.932. The van der Waals surface area contributed by atoms with Gasteiger partial charge in [0.05, 0.1) is 5.52 Å². The van der Waals surface area contributed by atoms with Crippen LogP contribution in [-0.2, 0) is 6.42 Å². The van der Waals surface area contributed by atoms with Gasteiger partial charge in [0.2, 0.25) is 0 Å². The van der Waals surface area contributed by atoms with Crippen molar-refractivity contribution in [3.63, 3.8) is 0 Å². The molecule has 0 aliphatic carbocycles. The Morgan fingerprint density at radius 2 is 2.05 bits per heavy atom. The first-order valence-corrected chi connectivity index (χ1v) is 5.75. The van der Waals surface area contributed by atoms with Crippen LogP contribution in [0.25, 0.3) is 10.9 Å². The Balaban J connectivity index is 2.49. The molecule has 0 bridgehead atoms. The van der Waals surface area contributed by atoms with Crippen LogP contribution in [0.3, 0.4) is 0 Å². The molecule has 1 aromatic heterocycles. The molecule has 0 atom stereocenters. The molecule has 0 aliphatic heterocycles. The zero-order chi connectivity index (χ0) is 14.0. The number of ether oxygens (including phenoxy) is 1. The molecule has 0 unspecified atom stereocenters. The molecule has 1 heterocycles. The second-order valence-corrected chi connectivity index (χ2v) is 4.09. The molecular formula is C13H12F3NO2. The molecule has 1 aromatic carbocycles. The highest BCUT2D eigenvalue weighted by Crippen LogP contribution is 2.24. The molecule has 1 N–H and O–H groups in total. The highest BCUT2D eigenvalue weighted by molar-refractivity contribution is 5.84. The summed E-state index contributed by atoms with van der Waals surface area (Å²) < 4.78 is 41.3. The van der Waals surface area contributed by atoms with Gasteiger partial charge >= 0.3 is 6.18 Å². The molecule has 19 heavy (non-hydrogen) atoms. The SMILES string of the molecule is CCc1cc(=O)c2cccc(OCC(F)(F)F)c2[nH]1. The summed E-state index contributed by atoms with van der Waals surface area (Å²) in [5.74, 6) is 0.0298. The number of rotatable bonds is 3. The summed E-state index contributed by atoms with van der Waals surface area (Å²) in [4.78, 5) is 14.7. The summed E-state index contributed by atoms with van der Waals surface area (Å²) in [6.07, 6.45) is -3.83. The molecule has 6 heteroatoms. The molecule has 0 amide bonds. The summed E-state index contributed by atoms with van der Waals surface area (Å²) in [6.45, 7) is 0.459. The first-order valence-electron chi connectivity index (χ1n) is 5.75. The van der Waals surface area contributed by atoms with E-state index in [4.69, 9.17) is 4.74 Å². The third-order valence-electron chi connectivity index (χ3n) is 2.65. The molecule has 0 spiro atoms. The van der Waals surface area contributed by atoms with Gasteiger partial charge in [-0.25, -0.2) is 0 Å². The van der Waals surface area contributed by atoms with Crippen molar-refractivity contribution in [1.82, 2.24) is 4.98 Å². The monoisotopic (exact) mass is 271 g/mol. The van der Waals surface area contributed by atoms with E-state index in [1.165, 1.54) is 18.2 Å². The third-order valence-corrected chi connectivity index (χ3v) is 2.65. The fourth-order valence-electron chi connectivity index (χ4n) is 1.77. The average molecular weight is 271 g/mol. The second-order valence-electron chi connectivity index (χ2n) is 4.09. The Morgan fingerprint density at radius 3 is 2.68 bits per heavy atom. The summed E-state index contributed by atoms with van der Waals surface area (Å²) in [7, 11) is 0. The number of hydrogen-bond acceptors (Lipinski definition) is 2. The fraction of sp³-hybridized carbons (Fsp3) is 0.308. The van der Waals surface area contributed by atoms with Crippen molar-refractivity contribution in [1.29, 1.82) is 0 Å². The van der Waals surface area contributed by atoms with Crippen LogP contribution in [0.15, 0.2) is 29.1 Å². The van der Waals surface area contributed by atoms with Crippen molar-refractivity contribution >= 4 is 10.9 Å². The fourth-order valence-corrected chi connectivity index (χ4v) is 1.77. The first-order chi connectivity index (χ1) is 8.90. The standard InChI is InChI=1S/C13H12F3NO2/c1-2-8-6-10(18)9-4-3-5-11(12(9)17-8)19-7-13(14,15)16/h3-6H,2,7H2,1H3,(H,17,18). The largest absolute Gasteiger partial charge is 0.482 e. The summed E-state index contributed by atoms with van der Waals surface area (Å²) in [5.41, 5.74) is 0.722. The predicted molar refractivity (Wildman–Crippen MR) is 65.5 cm³/mol. The van der Waals surface area contributed by atoms with Crippen LogP contribution in [0, 0.1) is 0 Å². The van der Waals surface area contributed by atoms with Gasteiger partial charge in [-0.3, -0.25) is 4.79 Å². The Bertz CT molecular complexity index is 646. The average Bonchev–Trinajstić information content (AvgIpc) is 2.35. The van der Waals surface area contributed by atoms with Crippen molar-refractivity contribution in [2.24, 2.45) is 0 Å². The van der Waals surface area contributed by atoms with Gasteiger partial charge in [-0.1, -0.05) is 13.0 Å². The molecule has 0 fully saturated rings. The minimum Gasteiger partial charge on any atom is -0.482 e. The van der Waals surface area contributed by atoms with Gasteiger partial charge in [0.25, 0.3) is 0 Å². The van der Waals surface area contributed by atoms with Gasteiger partial charge in [-0.15, -0.1) is 0 Å². The van der Waals surface area contributed by atoms with Gasteiger partial charge in [0.15, 0.2) is 12.0 Å². The smallest absolute Gasteiger partial charge is 0.422 e. The van der Waals surface area contributed by atoms with Crippen molar-refractivity contribution < 1.29 is 17.9 Å². The number of aromatic amines is 1. The van der Waals surface area contributed by atoms with E-state index in [1.807, 2.05) is 6.92 Å². The van der Waals surface area contributed by atoms with Crippen LogP contribution >= 0.6 is 0 Å². The van der Waals surface area contributed by atoms with Gasteiger partial charge < -0.3 is 9.72 Å². The number of aryl methyl sites for hydroxylation is 1. The van der Waals surface area contributed by atoms with Gasteiger partial charge in [-0.05, 0) is 18.6 Å².